The van der Waals surface area contributed by atoms with E-state index in [0.717, 1.165) is 0 Å². The fourth-order valence-corrected chi connectivity index (χ4v) is 1.55. The van der Waals surface area contributed by atoms with Crippen molar-refractivity contribution in [3.8, 4) is 6.07 Å². The van der Waals surface area contributed by atoms with Crippen LogP contribution in [0.4, 0.5) is 27.9 Å². The Labute approximate surface area is 121 Å². The average Bonchev–Trinajstić information content (AvgIpc) is 2.48. The lowest BCUT2D eigenvalue weighted by molar-refractivity contribution is 0.624. The largest absolute Gasteiger partial charge is 0.357 e. The monoisotopic (exact) mass is 287 g/mol. The number of rotatable bonds is 4. The third-order valence-electron chi connectivity index (χ3n) is 2.59. The number of anilines is 4. The third-order valence-corrected chi connectivity index (χ3v) is 2.59. The highest BCUT2D eigenvalue weighted by atomic mass is 19.1. The maximum absolute atomic E-state index is 13.3. The normalized spacial score (nSPS) is 9.86. The summed E-state index contributed by atoms with van der Waals surface area (Å²) in [6.07, 6.45) is 0. The van der Waals surface area contributed by atoms with Crippen LogP contribution in [0.2, 0.25) is 0 Å². The Balaban J connectivity index is 2.35. The summed E-state index contributed by atoms with van der Waals surface area (Å²) in [6.45, 7) is 0. The van der Waals surface area contributed by atoms with Crippen LogP contribution in [0, 0.1) is 17.1 Å². The smallest absolute Gasteiger partial charge is 0.233 e. The highest BCUT2D eigenvalue weighted by Gasteiger charge is 2.09. The van der Waals surface area contributed by atoms with Crippen molar-refractivity contribution >= 4 is 23.5 Å². The van der Waals surface area contributed by atoms with E-state index in [9.17, 15) is 4.39 Å². The van der Waals surface area contributed by atoms with Crippen molar-refractivity contribution < 1.29 is 4.39 Å². The molecule has 0 amide bonds. The summed E-state index contributed by atoms with van der Waals surface area (Å²) in [4.78, 5) is 14.3. The van der Waals surface area contributed by atoms with Crippen molar-refractivity contribution in [2.24, 2.45) is 0 Å². The molecule has 1 aromatic carbocycles. The molecule has 0 aliphatic carbocycles. The van der Waals surface area contributed by atoms with Gasteiger partial charge in [-0.15, -0.1) is 0 Å². The average molecular weight is 287 g/mol. The van der Waals surface area contributed by atoms with E-state index in [0.29, 0.717) is 23.5 Å². The molecule has 0 unspecified atom stereocenters. The Morgan fingerprint density at radius 2 is 1.90 bits per heavy atom. The Kier molecular flexibility index (Phi) is 4.13. The first-order chi connectivity index (χ1) is 10.0. The second-order valence-electron chi connectivity index (χ2n) is 4.36. The van der Waals surface area contributed by atoms with Crippen molar-refractivity contribution in [3.05, 3.63) is 29.6 Å². The van der Waals surface area contributed by atoms with Crippen LogP contribution < -0.4 is 15.5 Å². The molecule has 0 aliphatic rings. The molecule has 7 nitrogen and oxygen atoms in total. The second kappa shape index (κ2) is 6.00. The predicted octanol–water partition coefficient (Wildman–Crippen LogP) is 1.73. The van der Waals surface area contributed by atoms with Gasteiger partial charge in [-0.05, 0) is 18.2 Å². The molecule has 0 radical (unpaired) electrons. The van der Waals surface area contributed by atoms with Crippen LogP contribution in [0.25, 0.3) is 0 Å². The Morgan fingerprint density at radius 3 is 2.52 bits per heavy atom. The van der Waals surface area contributed by atoms with Gasteiger partial charge in [0.2, 0.25) is 17.8 Å². The second-order valence-corrected chi connectivity index (χ2v) is 4.36. The minimum Gasteiger partial charge on any atom is -0.357 e. The molecule has 2 aromatic rings. The highest BCUT2D eigenvalue weighted by molar-refractivity contribution is 5.58. The first kappa shape index (κ1) is 14.5. The molecule has 2 rings (SSSR count). The van der Waals surface area contributed by atoms with E-state index in [1.807, 2.05) is 14.1 Å². The van der Waals surface area contributed by atoms with E-state index in [2.05, 4.69) is 25.6 Å². The van der Waals surface area contributed by atoms with E-state index in [-0.39, 0.29) is 5.56 Å². The van der Waals surface area contributed by atoms with Gasteiger partial charge in [0.05, 0.1) is 5.56 Å². The quantitative estimate of drug-likeness (QED) is 0.885. The number of nitrogens with zero attached hydrogens (tertiary/aromatic N) is 5. The lowest BCUT2D eigenvalue weighted by Crippen LogP contribution is -2.15. The Bertz CT molecular complexity index is 693. The highest BCUT2D eigenvalue weighted by Crippen LogP contribution is 2.19. The summed E-state index contributed by atoms with van der Waals surface area (Å²) in [5.74, 6) is 0.607. The number of benzene rings is 1. The number of halogens is 1. The molecule has 1 heterocycles. The SMILES string of the molecule is CNc1nc(Nc2ccc(F)c(C#N)c2)nc(N(C)C)n1. The standard InChI is InChI=1S/C13H14FN7/c1-16-11-18-12(20-13(19-11)21(2)3)17-9-4-5-10(14)8(6-9)7-15/h4-6H,1-3H3,(H2,16,17,18,19,20). The first-order valence-corrected chi connectivity index (χ1v) is 6.11. The fourth-order valence-electron chi connectivity index (χ4n) is 1.55. The summed E-state index contributed by atoms with van der Waals surface area (Å²) in [6, 6.07) is 5.91. The van der Waals surface area contributed by atoms with Crippen molar-refractivity contribution in [2.45, 2.75) is 0 Å². The van der Waals surface area contributed by atoms with Gasteiger partial charge >= 0.3 is 0 Å². The molecular formula is C13H14FN7. The zero-order chi connectivity index (χ0) is 15.4. The maximum atomic E-state index is 13.3. The summed E-state index contributed by atoms with van der Waals surface area (Å²) in [5, 5.41) is 14.6. The molecule has 0 saturated carbocycles. The van der Waals surface area contributed by atoms with Crippen molar-refractivity contribution in [1.82, 2.24) is 15.0 Å². The van der Waals surface area contributed by atoms with E-state index in [4.69, 9.17) is 5.26 Å². The third kappa shape index (κ3) is 3.33. The van der Waals surface area contributed by atoms with Crippen LogP contribution in [0.5, 0.6) is 0 Å². The van der Waals surface area contributed by atoms with Crippen molar-refractivity contribution in [2.75, 3.05) is 36.7 Å². The van der Waals surface area contributed by atoms with Gasteiger partial charge in [0.15, 0.2) is 0 Å². The zero-order valence-electron chi connectivity index (χ0n) is 11.8. The summed E-state index contributed by atoms with van der Waals surface area (Å²) in [5.41, 5.74) is 0.474. The number of nitrogens with one attached hydrogen (secondary N) is 2. The number of aromatic nitrogens is 3. The molecule has 0 bridgehead atoms. The molecule has 8 heteroatoms. The van der Waals surface area contributed by atoms with Crippen molar-refractivity contribution in [3.63, 3.8) is 0 Å². The fraction of sp³-hybridized carbons (Fsp3) is 0.231. The van der Waals surface area contributed by atoms with Crippen LogP contribution in [0.15, 0.2) is 18.2 Å². The van der Waals surface area contributed by atoms with Gasteiger partial charge in [-0.1, -0.05) is 0 Å². The van der Waals surface area contributed by atoms with Gasteiger partial charge in [0, 0.05) is 26.8 Å². The van der Waals surface area contributed by atoms with Gasteiger partial charge < -0.3 is 15.5 Å². The molecule has 0 atom stereocenters. The van der Waals surface area contributed by atoms with Crippen LogP contribution in [-0.4, -0.2) is 36.1 Å². The number of hydrogen-bond acceptors (Lipinski definition) is 7. The van der Waals surface area contributed by atoms with Gasteiger partial charge in [0.1, 0.15) is 11.9 Å². The zero-order valence-corrected chi connectivity index (χ0v) is 11.8. The van der Waals surface area contributed by atoms with Gasteiger partial charge in [-0.2, -0.15) is 20.2 Å². The van der Waals surface area contributed by atoms with Crippen LogP contribution in [0.1, 0.15) is 5.56 Å². The summed E-state index contributed by atoms with van der Waals surface area (Å²) < 4.78 is 13.3. The van der Waals surface area contributed by atoms with E-state index >= 15 is 0 Å². The van der Waals surface area contributed by atoms with Gasteiger partial charge in [0.25, 0.3) is 0 Å². The Morgan fingerprint density at radius 1 is 1.19 bits per heavy atom. The predicted molar refractivity (Wildman–Crippen MR) is 78.1 cm³/mol. The van der Waals surface area contributed by atoms with Crippen LogP contribution in [-0.2, 0) is 0 Å². The molecule has 0 aliphatic heterocycles. The minimum atomic E-state index is -0.566. The molecular weight excluding hydrogens is 273 g/mol. The summed E-state index contributed by atoms with van der Waals surface area (Å²) >= 11 is 0. The lowest BCUT2D eigenvalue weighted by Gasteiger charge is -2.13. The minimum absolute atomic E-state index is 0.0456. The molecule has 0 spiro atoms. The molecule has 108 valence electrons. The summed E-state index contributed by atoms with van der Waals surface area (Å²) in [7, 11) is 5.32. The molecule has 21 heavy (non-hydrogen) atoms. The lowest BCUT2D eigenvalue weighted by atomic mass is 10.2. The van der Waals surface area contributed by atoms with Gasteiger partial charge in [-0.25, -0.2) is 4.39 Å². The van der Waals surface area contributed by atoms with E-state index < -0.39 is 5.82 Å². The first-order valence-electron chi connectivity index (χ1n) is 6.11. The number of nitriles is 1. The topological polar surface area (TPSA) is 89.8 Å². The number of hydrogen-bond donors (Lipinski definition) is 2. The molecule has 2 N–H and O–H groups in total. The molecule has 0 fully saturated rings. The maximum Gasteiger partial charge on any atom is 0.233 e. The van der Waals surface area contributed by atoms with Crippen molar-refractivity contribution in [1.29, 1.82) is 5.26 Å². The van der Waals surface area contributed by atoms with E-state index in [1.165, 1.54) is 18.2 Å². The van der Waals surface area contributed by atoms with Gasteiger partial charge in [-0.3, -0.25) is 0 Å². The molecule has 1 aromatic heterocycles. The molecule has 0 saturated heterocycles. The Hall–Kier alpha value is -2.95. The van der Waals surface area contributed by atoms with E-state index in [1.54, 1.807) is 18.0 Å². The van der Waals surface area contributed by atoms with Crippen LogP contribution in [0.3, 0.4) is 0 Å². The van der Waals surface area contributed by atoms with Crippen LogP contribution >= 0.6 is 0 Å².